The Morgan fingerprint density at radius 1 is 0.551 bits per heavy atom. The van der Waals surface area contributed by atoms with Gasteiger partial charge in [-0.1, -0.05) is 230 Å². The highest BCUT2D eigenvalue weighted by Crippen LogP contribution is 2.26. The average molecular weight is 1000 g/mol. The minimum absolute atomic E-state index is 0.0352. The van der Waals surface area contributed by atoms with E-state index in [1.54, 1.807) is 0 Å². The highest BCUT2D eigenvalue weighted by Gasteiger charge is 2.48. The van der Waals surface area contributed by atoms with E-state index in [-0.39, 0.29) is 19.6 Å². The summed E-state index contributed by atoms with van der Waals surface area (Å²) in [5.74, 6) is -0.396. The number of aliphatic hydroxyl groups is 3. The molecule has 1 aliphatic heterocycles. The first-order chi connectivity index (χ1) is 33.6. The number of rotatable bonds is 50. The van der Waals surface area contributed by atoms with Crippen molar-refractivity contribution in [1.82, 2.24) is 0 Å². The van der Waals surface area contributed by atoms with Crippen LogP contribution in [0.4, 0.5) is 0 Å². The van der Waals surface area contributed by atoms with Crippen molar-refractivity contribution in [2.75, 3.05) is 26.4 Å². The van der Waals surface area contributed by atoms with E-state index in [1.165, 1.54) is 167 Å². The summed E-state index contributed by atoms with van der Waals surface area (Å²) in [5.41, 5.74) is 0. The van der Waals surface area contributed by atoms with Gasteiger partial charge in [0.2, 0.25) is 0 Å². The number of hydrogen-bond donors (Lipinski definition) is 4. The lowest BCUT2D eigenvalue weighted by Gasteiger charge is -2.41. The van der Waals surface area contributed by atoms with Crippen LogP contribution in [0.2, 0.25) is 0 Å². The Bertz CT molecular complexity index is 1340. The molecule has 6 unspecified atom stereocenters. The lowest BCUT2D eigenvalue weighted by molar-refractivity contribution is -0.301. The van der Waals surface area contributed by atoms with E-state index >= 15 is 0 Å². The van der Waals surface area contributed by atoms with Gasteiger partial charge in [0.15, 0.2) is 6.29 Å². The quantitative estimate of drug-likeness (QED) is 0.0196. The zero-order valence-corrected chi connectivity index (χ0v) is 44.7. The second kappa shape index (κ2) is 47.3. The van der Waals surface area contributed by atoms with Crippen LogP contribution in [0, 0.1) is 0 Å². The molecule has 12 nitrogen and oxygen atoms in total. The molecule has 0 radical (unpaired) electrons. The van der Waals surface area contributed by atoms with Crippen LogP contribution in [0.5, 0.6) is 0 Å². The number of allylic oxidation sites excluding steroid dienone is 6. The maximum Gasteiger partial charge on any atom is 0.397 e. The molecule has 13 heteroatoms. The molecule has 1 saturated heterocycles. The van der Waals surface area contributed by atoms with Crippen molar-refractivity contribution >= 4 is 16.4 Å². The molecule has 0 amide bonds. The molecule has 0 saturated carbocycles. The van der Waals surface area contributed by atoms with Crippen molar-refractivity contribution in [2.24, 2.45) is 0 Å². The van der Waals surface area contributed by atoms with Crippen LogP contribution in [0.3, 0.4) is 0 Å². The molecule has 0 aromatic carbocycles. The molecular weight excluding hydrogens is 897 g/mol. The number of ether oxygens (including phenoxy) is 4. The first-order valence-electron chi connectivity index (χ1n) is 28.2. The Hall–Kier alpha value is -1.68. The number of carbonyl (C=O) groups is 1. The molecule has 1 rings (SSSR count). The minimum Gasteiger partial charge on any atom is -0.457 e. The Labute approximate surface area is 422 Å². The monoisotopic (exact) mass is 1000 g/mol. The molecule has 0 spiro atoms. The average Bonchev–Trinajstić information content (AvgIpc) is 3.32. The molecule has 0 bridgehead atoms. The molecule has 0 aromatic rings. The third-order valence-corrected chi connectivity index (χ3v) is 13.5. The fraction of sp³-hybridized carbons (Fsp3) is 0.875. The van der Waals surface area contributed by atoms with E-state index in [2.05, 4.69) is 54.5 Å². The zero-order valence-electron chi connectivity index (χ0n) is 43.9. The van der Waals surface area contributed by atoms with Gasteiger partial charge in [0.05, 0.1) is 19.8 Å². The summed E-state index contributed by atoms with van der Waals surface area (Å²) in [6.45, 7) is 4.01. The summed E-state index contributed by atoms with van der Waals surface area (Å²) in [6, 6.07) is 0. The summed E-state index contributed by atoms with van der Waals surface area (Å²) >= 11 is 0. The van der Waals surface area contributed by atoms with E-state index in [1.807, 2.05) is 0 Å². The lowest BCUT2D eigenvalue weighted by atomic mass is 9.99. The van der Waals surface area contributed by atoms with Gasteiger partial charge in [0, 0.05) is 13.0 Å². The molecule has 1 aliphatic rings. The Balaban J connectivity index is 2.31. The van der Waals surface area contributed by atoms with Crippen LogP contribution in [-0.2, 0) is 38.3 Å². The number of hydrogen-bond acceptors (Lipinski definition) is 11. The predicted octanol–water partition coefficient (Wildman–Crippen LogP) is 13.7. The highest BCUT2D eigenvalue weighted by atomic mass is 32.3. The van der Waals surface area contributed by atoms with Gasteiger partial charge in [-0.05, 0) is 51.4 Å². The third kappa shape index (κ3) is 40.5. The second-order valence-electron chi connectivity index (χ2n) is 19.5. The first-order valence-corrected chi connectivity index (χ1v) is 29.6. The fourth-order valence-electron chi connectivity index (χ4n) is 8.74. The maximum atomic E-state index is 12.9. The SMILES string of the molecule is CCCCCCC/C=C\C/C=C\C/C=C\CCCCCCCCCCCOCC(COC1OC(CO)C(O)C(OS(=O)(=O)O)C1O)OC(=O)CCCCCCCCCCCCCCCCCCCC. The van der Waals surface area contributed by atoms with E-state index in [0.717, 1.165) is 57.8 Å². The standard InChI is InChI=1S/C56H104O12S/c1-3-5-7-9-11-13-15-17-19-21-23-24-25-26-27-28-30-32-34-36-38-40-42-44-46-64-48-50(49-65-56-54(60)55(68-69(61,62)63)53(59)51(47-57)67-56)66-52(58)45-43-41-39-37-35-33-31-29-22-20-18-16-14-12-10-8-6-4-2/h15,17,21,23,25-26,50-51,53-57,59-60H,3-14,16,18-20,22,24,27-49H2,1-2H3,(H,61,62,63)/b17-15-,23-21-,26-25-. The molecule has 0 aliphatic carbocycles. The fourth-order valence-corrected chi connectivity index (χ4v) is 9.25. The Morgan fingerprint density at radius 2 is 0.957 bits per heavy atom. The van der Waals surface area contributed by atoms with Crippen LogP contribution in [0.25, 0.3) is 0 Å². The van der Waals surface area contributed by atoms with E-state index in [4.69, 9.17) is 18.9 Å². The zero-order chi connectivity index (χ0) is 50.3. The summed E-state index contributed by atoms with van der Waals surface area (Å²) < 4.78 is 59.4. The van der Waals surface area contributed by atoms with Gasteiger partial charge in [-0.15, -0.1) is 0 Å². The van der Waals surface area contributed by atoms with Crippen LogP contribution in [0.15, 0.2) is 36.5 Å². The van der Waals surface area contributed by atoms with Crippen molar-refractivity contribution in [3.05, 3.63) is 36.5 Å². The van der Waals surface area contributed by atoms with Gasteiger partial charge in [-0.25, -0.2) is 4.18 Å². The molecule has 6 atom stereocenters. The molecule has 0 aromatic heterocycles. The third-order valence-electron chi connectivity index (χ3n) is 13.0. The van der Waals surface area contributed by atoms with Gasteiger partial charge in [-0.3, -0.25) is 9.35 Å². The van der Waals surface area contributed by atoms with Crippen molar-refractivity contribution in [3.63, 3.8) is 0 Å². The van der Waals surface area contributed by atoms with E-state index < -0.39 is 59.8 Å². The number of unbranched alkanes of at least 4 members (excludes halogenated alkanes) is 31. The van der Waals surface area contributed by atoms with Crippen molar-refractivity contribution in [3.8, 4) is 0 Å². The summed E-state index contributed by atoms with van der Waals surface area (Å²) in [7, 11) is -5.07. The molecule has 69 heavy (non-hydrogen) atoms. The largest absolute Gasteiger partial charge is 0.457 e. The summed E-state index contributed by atoms with van der Waals surface area (Å²) in [6.07, 6.45) is 48.9. The van der Waals surface area contributed by atoms with Gasteiger partial charge in [0.25, 0.3) is 0 Å². The number of carbonyl (C=O) groups excluding carboxylic acids is 1. The normalized spacial score (nSPS) is 19.4. The van der Waals surface area contributed by atoms with Crippen molar-refractivity contribution in [1.29, 1.82) is 0 Å². The predicted molar refractivity (Wildman–Crippen MR) is 280 cm³/mol. The van der Waals surface area contributed by atoms with Crippen LogP contribution in [-0.4, -0.2) is 97.5 Å². The van der Waals surface area contributed by atoms with Crippen molar-refractivity contribution in [2.45, 2.75) is 288 Å². The lowest BCUT2D eigenvalue weighted by Crippen LogP contribution is -2.60. The molecule has 1 fully saturated rings. The van der Waals surface area contributed by atoms with Crippen LogP contribution >= 0.6 is 0 Å². The van der Waals surface area contributed by atoms with Crippen molar-refractivity contribution < 1.29 is 56.2 Å². The van der Waals surface area contributed by atoms with Crippen LogP contribution < -0.4 is 0 Å². The number of aliphatic hydroxyl groups excluding tert-OH is 3. The summed E-state index contributed by atoms with van der Waals surface area (Å²) in [4.78, 5) is 12.9. The summed E-state index contributed by atoms with van der Waals surface area (Å²) in [5, 5.41) is 30.8. The Kier molecular flexibility index (Phi) is 44.8. The molecular formula is C56H104O12S. The van der Waals surface area contributed by atoms with Crippen LogP contribution in [0.1, 0.15) is 251 Å². The van der Waals surface area contributed by atoms with Gasteiger partial charge < -0.3 is 34.3 Å². The minimum atomic E-state index is -5.07. The molecule has 4 N–H and O–H groups in total. The Morgan fingerprint density at radius 3 is 1.39 bits per heavy atom. The highest BCUT2D eigenvalue weighted by molar-refractivity contribution is 7.80. The first kappa shape index (κ1) is 65.3. The van der Waals surface area contributed by atoms with E-state index in [9.17, 15) is 33.1 Å². The van der Waals surface area contributed by atoms with Gasteiger partial charge >= 0.3 is 16.4 Å². The smallest absolute Gasteiger partial charge is 0.397 e. The maximum absolute atomic E-state index is 12.9. The van der Waals surface area contributed by atoms with Gasteiger partial charge in [0.1, 0.15) is 30.5 Å². The second-order valence-corrected chi connectivity index (χ2v) is 20.6. The number of esters is 1. The van der Waals surface area contributed by atoms with Gasteiger partial charge in [-0.2, -0.15) is 8.42 Å². The molecule has 1 heterocycles. The van der Waals surface area contributed by atoms with E-state index in [0.29, 0.717) is 13.0 Å². The topological polar surface area (TPSA) is 178 Å². The molecule has 406 valence electrons.